The maximum atomic E-state index is 12.5. The fourth-order valence-corrected chi connectivity index (χ4v) is 4.73. The Morgan fingerprint density at radius 3 is 2.68 bits per heavy atom. The highest BCUT2D eigenvalue weighted by molar-refractivity contribution is 5.84. The Bertz CT molecular complexity index is 613. The summed E-state index contributed by atoms with van der Waals surface area (Å²) in [5, 5.41) is 0. The van der Waals surface area contributed by atoms with Gasteiger partial charge in [0.25, 0.3) is 0 Å². The van der Waals surface area contributed by atoms with Crippen molar-refractivity contribution >= 4 is 5.78 Å². The molecule has 2 fully saturated rings. The fraction of sp³-hybridized carbons (Fsp3) is 0.611. The number of ketones is 1. The van der Waals surface area contributed by atoms with Gasteiger partial charge in [-0.25, -0.2) is 0 Å². The first-order chi connectivity index (χ1) is 10.7. The Kier molecular flexibility index (Phi) is 3.37. The van der Waals surface area contributed by atoms with Crippen molar-refractivity contribution in [1.29, 1.82) is 0 Å². The van der Waals surface area contributed by atoms with Crippen LogP contribution in [0.5, 0.6) is 11.5 Å². The zero-order valence-corrected chi connectivity index (χ0v) is 13.3. The van der Waals surface area contributed by atoms with Gasteiger partial charge in [0.2, 0.25) is 0 Å². The van der Waals surface area contributed by atoms with Gasteiger partial charge >= 0.3 is 0 Å². The highest BCUT2D eigenvalue weighted by Crippen LogP contribution is 2.47. The van der Waals surface area contributed by atoms with E-state index in [9.17, 15) is 4.79 Å². The summed E-state index contributed by atoms with van der Waals surface area (Å²) in [4.78, 5) is 15.1. The van der Waals surface area contributed by atoms with Gasteiger partial charge in [-0.05, 0) is 42.5 Å². The van der Waals surface area contributed by atoms with E-state index >= 15 is 0 Å². The van der Waals surface area contributed by atoms with E-state index in [1.807, 2.05) is 0 Å². The maximum Gasteiger partial charge on any atom is 0.161 e. The van der Waals surface area contributed by atoms with Crippen LogP contribution in [0.15, 0.2) is 12.1 Å². The molecule has 0 amide bonds. The number of piperidine rings is 1. The van der Waals surface area contributed by atoms with Crippen LogP contribution in [0.1, 0.15) is 42.9 Å². The molecule has 22 heavy (non-hydrogen) atoms. The lowest BCUT2D eigenvalue weighted by Gasteiger charge is -2.46. The highest BCUT2D eigenvalue weighted by Gasteiger charge is 2.46. The molecule has 0 unspecified atom stereocenters. The van der Waals surface area contributed by atoms with Crippen molar-refractivity contribution in [3.05, 3.63) is 23.3 Å². The second-order valence-electron chi connectivity index (χ2n) is 6.68. The van der Waals surface area contributed by atoms with E-state index in [-0.39, 0.29) is 12.0 Å². The summed E-state index contributed by atoms with van der Waals surface area (Å²) in [6.07, 6.45) is 5.15. The van der Waals surface area contributed by atoms with Crippen molar-refractivity contribution in [2.24, 2.45) is 5.92 Å². The van der Waals surface area contributed by atoms with Crippen LogP contribution < -0.4 is 9.47 Å². The van der Waals surface area contributed by atoms with E-state index in [0.29, 0.717) is 18.2 Å². The third-order valence-corrected chi connectivity index (χ3v) is 5.76. The Morgan fingerprint density at radius 2 is 1.91 bits per heavy atom. The van der Waals surface area contributed by atoms with E-state index in [1.54, 1.807) is 14.2 Å². The molecular formula is C18H23NO3. The van der Waals surface area contributed by atoms with Crippen molar-refractivity contribution in [3.8, 4) is 11.5 Å². The quantitative estimate of drug-likeness (QED) is 0.842. The van der Waals surface area contributed by atoms with Gasteiger partial charge in [-0.2, -0.15) is 0 Å². The zero-order chi connectivity index (χ0) is 15.3. The second kappa shape index (κ2) is 5.27. The highest BCUT2D eigenvalue weighted by atomic mass is 16.5. The summed E-state index contributed by atoms with van der Waals surface area (Å²) in [6, 6.07) is 4.88. The number of hydrogen-bond donors (Lipinski definition) is 0. The summed E-state index contributed by atoms with van der Waals surface area (Å²) in [6.45, 7) is 1.06. The molecule has 0 aromatic heterocycles. The van der Waals surface area contributed by atoms with Crippen molar-refractivity contribution in [2.75, 3.05) is 20.8 Å². The van der Waals surface area contributed by atoms with Crippen molar-refractivity contribution in [2.45, 2.75) is 44.2 Å². The standard InChI is InChI=1S/C18H23NO3/c1-21-17-8-11-6-7-19-14-5-3-4-12(14)16(20)10-15(19)13(11)9-18(17)22-2/h8-9,12,14-15H,3-7,10H2,1-2H3/t12-,14-,15-/m0/s1. The van der Waals surface area contributed by atoms with Crippen LogP contribution >= 0.6 is 0 Å². The van der Waals surface area contributed by atoms with Crippen LogP contribution in [-0.2, 0) is 11.2 Å². The van der Waals surface area contributed by atoms with Crippen LogP contribution in [0.3, 0.4) is 0 Å². The molecule has 1 saturated heterocycles. The minimum Gasteiger partial charge on any atom is -0.493 e. The molecule has 118 valence electrons. The predicted molar refractivity (Wildman–Crippen MR) is 83.5 cm³/mol. The molecule has 2 aliphatic heterocycles. The average Bonchev–Trinajstić information content (AvgIpc) is 3.04. The molecule has 0 bridgehead atoms. The smallest absolute Gasteiger partial charge is 0.161 e. The molecule has 3 atom stereocenters. The van der Waals surface area contributed by atoms with E-state index in [2.05, 4.69) is 17.0 Å². The van der Waals surface area contributed by atoms with Gasteiger partial charge in [-0.3, -0.25) is 9.69 Å². The lowest BCUT2D eigenvalue weighted by atomic mass is 9.79. The van der Waals surface area contributed by atoms with Crippen LogP contribution in [0.4, 0.5) is 0 Å². The minimum absolute atomic E-state index is 0.232. The van der Waals surface area contributed by atoms with Crippen molar-refractivity contribution < 1.29 is 14.3 Å². The van der Waals surface area contributed by atoms with Crippen LogP contribution in [0.25, 0.3) is 0 Å². The van der Waals surface area contributed by atoms with Gasteiger partial charge in [0.15, 0.2) is 11.5 Å². The third-order valence-electron chi connectivity index (χ3n) is 5.76. The maximum absolute atomic E-state index is 12.5. The van der Waals surface area contributed by atoms with Crippen molar-refractivity contribution in [1.82, 2.24) is 4.90 Å². The number of carbonyl (C=O) groups is 1. The van der Waals surface area contributed by atoms with Crippen molar-refractivity contribution in [3.63, 3.8) is 0 Å². The van der Waals surface area contributed by atoms with Crippen LogP contribution in [0, 0.1) is 5.92 Å². The molecule has 1 aromatic carbocycles. The first kappa shape index (κ1) is 14.1. The molecular weight excluding hydrogens is 278 g/mol. The Hall–Kier alpha value is -1.55. The number of carbonyl (C=O) groups excluding carboxylic acids is 1. The van der Waals surface area contributed by atoms with Gasteiger partial charge in [-0.15, -0.1) is 0 Å². The first-order valence-electron chi connectivity index (χ1n) is 8.26. The number of rotatable bonds is 2. The molecule has 2 heterocycles. The molecule has 4 rings (SSSR count). The average molecular weight is 301 g/mol. The van der Waals surface area contributed by atoms with Gasteiger partial charge in [0.05, 0.1) is 14.2 Å². The molecule has 0 spiro atoms. The summed E-state index contributed by atoms with van der Waals surface area (Å²) >= 11 is 0. The van der Waals surface area contributed by atoms with Gasteiger partial charge in [0, 0.05) is 31.0 Å². The number of fused-ring (bicyclic) bond motifs is 5. The molecule has 0 N–H and O–H groups in total. The SMILES string of the molecule is COc1cc2c(cc1OC)[C@@H]1CC(=O)[C@H]3CCC[C@@H]3N1CC2. The Morgan fingerprint density at radius 1 is 1.14 bits per heavy atom. The van der Waals surface area contributed by atoms with E-state index in [1.165, 1.54) is 24.0 Å². The second-order valence-corrected chi connectivity index (χ2v) is 6.68. The van der Waals surface area contributed by atoms with E-state index in [4.69, 9.17) is 9.47 Å². The van der Waals surface area contributed by atoms with Crippen LogP contribution in [0.2, 0.25) is 0 Å². The number of benzene rings is 1. The van der Waals surface area contributed by atoms with Crippen LogP contribution in [-0.4, -0.2) is 37.5 Å². The molecule has 0 radical (unpaired) electrons. The largest absolute Gasteiger partial charge is 0.493 e. The topological polar surface area (TPSA) is 38.8 Å². The molecule has 1 saturated carbocycles. The molecule has 3 aliphatic rings. The number of hydrogen-bond acceptors (Lipinski definition) is 4. The molecule has 1 aromatic rings. The van der Waals surface area contributed by atoms with Gasteiger partial charge < -0.3 is 9.47 Å². The minimum atomic E-state index is 0.232. The summed E-state index contributed by atoms with van der Waals surface area (Å²) in [5.41, 5.74) is 2.57. The number of ether oxygens (including phenoxy) is 2. The zero-order valence-electron chi connectivity index (χ0n) is 13.3. The summed E-state index contributed by atoms with van der Waals surface area (Å²) in [5.74, 6) is 2.31. The third kappa shape index (κ3) is 1.97. The van der Waals surface area contributed by atoms with Gasteiger partial charge in [0.1, 0.15) is 5.78 Å². The van der Waals surface area contributed by atoms with E-state index in [0.717, 1.165) is 30.9 Å². The summed E-state index contributed by atoms with van der Waals surface area (Å²) < 4.78 is 10.9. The number of Topliss-reactive ketones (excluding diaryl/α,β-unsaturated/α-hetero) is 1. The molecule has 4 nitrogen and oxygen atoms in total. The normalized spacial score (nSPS) is 30.5. The first-order valence-corrected chi connectivity index (χ1v) is 8.26. The molecule has 1 aliphatic carbocycles. The number of methoxy groups -OCH3 is 2. The summed E-state index contributed by atoms with van der Waals surface area (Å²) in [7, 11) is 3.34. The van der Waals surface area contributed by atoms with Gasteiger partial charge in [-0.1, -0.05) is 6.42 Å². The Balaban J connectivity index is 1.75. The monoisotopic (exact) mass is 301 g/mol. The molecule has 4 heteroatoms. The Labute approximate surface area is 131 Å². The lowest BCUT2D eigenvalue weighted by molar-refractivity contribution is -0.131. The number of nitrogens with zero attached hydrogens (tertiary/aromatic N) is 1. The lowest BCUT2D eigenvalue weighted by Crippen LogP contribution is -2.51. The van der Waals surface area contributed by atoms with E-state index < -0.39 is 0 Å². The fourth-order valence-electron chi connectivity index (χ4n) is 4.73. The predicted octanol–water partition coefficient (Wildman–Crippen LogP) is 2.74.